The topological polar surface area (TPSA) is 85.2 Å². The fourth-order valence-electron chi connectivity index (χ4n) is 3.70. The van der Waals surface area contributed by atoms with Gasteiger partial charge in [0.1, 0.15) is 11.6 Å². The molecule has 0 spiro atoms. The number of benzene rings is 1. The molecule has 29 heavy (non-hydrogen) atoms. The number of carbonyl (C=O) groups is 2. The Hall–Kier alpha value is -2.90. The van der Waals surface area contributed by atoms with E-state index in [1.807, 2.05) is 14.0 Å². The Kier molecular flexibility index (Phi) is 6.20. The molecule has 1 aliphatic rings. The molecule has 2 aromatic rings. The summed E-state index contributed by atoms with van der Waals surface area (Å²) >= 11 is 0. The molecule has 1 fully saturated rings. The zero-order chi connectivity index (χ0) is 21.0. The van der Waals surface area contributed by atoms with Crippen LogP contribution in [0.3, 0.4) is 0 Å². The van der Waals surface area contributed by atoms with Crippen LogP contribution in [0.2, 0.25) is 0 Å². The van der Waals surface area contributed by atoms with E-state index in [2.05, 4.69) is 15.7 Å². The number of nitrogens with one attached hydrogen (secondary N) is 2. The third-order valence-corrected chi connectivity index (χ3v) is 5.67. The van der Waals surface area contributed by atoms with E-state index >= 15 is 0 Å². The third-order valence-electron chi connectivity index (χ3n) is 5.67. The number of aryl methyl sites for hydroxylation is 1. The molecule has 2 N–H and O–H groups in total. The van der Waals surface area contributed by atoms with Crippen LogP contribution in [0.5, 0.6) is 5.75 Å². The van der Waals surface area contributed by atoms with E-state index in [0.29, 0.717) is 43.5 Å². The molecule has 0 bridgehead atoms. The Bertz CT molecular complexity index is 911. The summed E-state index contributed by atoms with van der Waals surface area (Å²) < 4.78 is 21.2. The summed E-state index contributed by atoms with van der Waals surface area (Å²) in [6.07, 6.45) is 3.73. The maximum absolute atomic E-state index is 14.4. The highest BCUT2D eigenvalue weighted by Gasteiger charge is 2.38. The molecular weight excluding hydrogens is 375 g/mol. The fraction of sp³-hybridized carbons (Fsp3) is 0.476. The Morgan fingerprint density at radius 3 is 2.79 bits per heavy atom. The van der Waals surface area contributed by atoms with Gasteiger partial charge in [-0.3, -0.25) is 14.3 Å². The predicted molar refractivity (Wildman–Crippen MR) is 106 cm³/mol. The van der Waals surface area contributed by atoms with Crippen LogP contribution < -0.4 is 15.4 Å². The monoisotopic (exact) mass is 402 g/mol. The van der Waals surface area contributed by atoms with Crippen molar-refractivity contribution in [2.75, 3.05) is 7.11 Å². The smallest absolute Gasteiger partial charge is 0.220 e. The van der Waals surface area contributed by atoms with Crippen molar-refractivity contribution in [1.82, 2.24) is 20.4 Å². The highest BCUT2D eigenvalue weighted by molar-refractivity contribution is 5.80. The van der Waals surface area contributed by atoms with E-state index in [-0.39, 0.29) is 24.1 Å². The van der Waals surface area contributed by atoms with Gasteiger partial charge < -0.3 is 15.4 Å². The molecule has 0 saturated carbocycles. The van der Waals surface area contributed by atoms with Crippen molar-refractivity contribution < 1.29 is 18.7 Å². The van der Waals surface area contributed by atoms with E-state index in [1.165, 1.54) is 13.2 Å². The first-order valence-corrected chi connectivity index (χ1v) is 9.69. The average molecular weight is 402 g/mol. The van der Waals surface area contributed by atoms with Gasteiger partial charge in [0.05, 0.1) is 13.3 Å². The van der Waals surface area contributed by atoms with Crippen LogP contribution >= 0.6 is 0 Å². The van der Waals surface area contributed by atoms with Gasteiger partial charge in [0.25, 0.3) is 0 Å². The first kappa shape index (κ1) is 20.8. The summed E-state index contributed by atoms with van der Waals surface area (Å²) in [5, 5.41) is 10.0. The van der Waals surface area contributed by atoms with Crippen molar-refractivity contribution >= 4 is 11.8 Å². The second kappa shape index (κ2) is 8.63. The SMILES string of the molecule is COc1ccc(CC2(CCC(=O)NCc3cnn(C)c3C)CCC(=O)N2)c(F)c1. The van der Waals surface area contributed by atoms with Crippen molar-refractivity contribution in [3.8, 4) is 5.75 Å². The number of rotatable bonds is 8. The van der Waals surface area contributed by atoms with Gasteiger partial charge in [0, 0.05) is 49.3 Å². The number of ether oxygens (including phenoxy) is 1. The largest absolute Gasteiger partial charge is 0.497 e. The normalized spacial score (nSPS) is 18.6. The molecule has 0 radical (unpaired) electrons. The maximum atomic E-state index is 14.4. The van der Waals surface area contributed by atoms with Gasteiger partial charge in [-0.25, -0.2) is 4.39 Å². The van der Waals surface area contributed by atoms with Crippen molar-refractivity contribution in [3.05, 3.63) is 47.0 Å². The number of aromatic nitrogens is 2. The van der Waals surface area contributed by atoms with E-state index in [4.69, 9.17) is 4.74 Å². The average Bonchev–Trinajstić information content (AvgIpc) is 3.23. The lowest BCUT2D eigenvalue weighted by Crippen LogP contribution is -2.44. The highest BCUT2D eigenvalue weighted by Crippen LogP contribution is 2.31. The van der Waals surface area contributed by atoms with Crippen molar-refractivity contribution in [1.29, 1.82) is 0 Å². The second-order valence-electron chi connectivity index (χ2n) is 7.62. The van der Waals surface area contributed by atoms with E-state index in [9.17, 15) is 14.0 Å². The molecule has 7 nitrogen and oxygen atoms in total. The Labute approximate surface area is 169 Å². The van der Waals surface area contributed by atoms with Crippen LogP contribution in [-0.2, 0) is 29.6 Å². The lowest BCUT2D eigenvalue weighted by Gasteiger charge is -2.29. The molecule has 3 rings (SSSR count). The van der Waals surface area contributed by atoms with E-state index in [0.717, 1.165) is 11.3 Å². The number of hydrogen-bond donors (Lipinski definition) is 2. The van der Waals surface area contributed by atoms with Gasteiger partial charge >= 0.3 is 0 Å². The summed E-state index contributed by atoms with van der Waals surface area (Å²) in [6.45, 7) is 2.35. The second-order valence-corrected chi connectivity index (χ2v) is 7.62. The van der Waals surface area contributed by atoms with Gasteiger partial charge in [0.2, 0.25) is 11.8 Å². The van der Waals surface area contributed by atoms with Crippen LogP contribution in [0, 0.1) is 12.7 Å². The fourth-order valence-corrected chi connectivity index (χ4v) is 3.70. The van der Waals surface area contributed by atoms with Crippen LogP contribution in [0.1, 0.15) is 42.5 Å². The molecule has 1 aromatic heterocycles. The molecule has 1 atom stereocenters. The minimum atomic E-state index is -0.617. The number of hydrogen-bond acceptors (Lipinski definition) is 4. The Balaban J connectivity index is 1.62. The molecule has 2 amide bonds. The van der Waals surface area contributed by atoms with E-state index in [1.54, 1.807) is 23.0 Å². The first-order valence-electron chi connectivity index (χ1n) is 9.69. The van der Waals surface area contributed by atoms with Crippen molar-refractivity contribution in [2.45, 2.75) is 51.1 Å². The third kappa shape index (κ3) is 4.93. The number of methoxy groups -OCH3 is 1. The summed E-state index contributed by atoms with van der Waals surface area (Å²) in [5.41, 5.74) is 1.85. The Morgan fingerprint density at radius 1 is 1.41 bits per heavy atom. The molecule has 8 heteroatoms. The number of nitrogens with zero attached hydrogens (tertiary/aromatic N) is 2. The number of amides is 2. The quantitative estimate of drug-likeness (QED) is 0.709. The van der Waals surface area contributed by atoms with Gasteiger partial charge in [-0.2, -0.15) is 5.10 Å². The number of halogens is 1. The molecule has 1 aromatic carbocycles. The van der Waals surface area contributed by atoms with Crippen molar-refractivity contribution in [3.63, 3.8) is 0 Å². The summed E-state index contributed by atoms with van der Waals surface area (Å²) in [7, 11) is 3.34. The predicted octanol–water partition coefficient (Wildman–Crippen LogP) is 2.16. The zero-order valence-corrected chi connectivity index (χ0v) is 17.0. The summed E-state index contributed by atoms with van der Waals surface area (Å²) in [5.74, 6) is -0.100. The summed E-state index contributed by atoms with van der Waals surface area (Å²) in [4.78, 5) is 24.3. The molecule has 1 saturated heterocycles. The minimum absolute atomic E-state index is 0.0645. The first-order chi connectivity index (χ1) is 13.8. The van der Waals surface area contributed by atoms with Gasteiger partial charge in [-0.15, -0.1) is 0 Å². The van der Waals surface area contributed by atoms with Crippen LogP contribution in [0.15, 0.2) is 24.4 Å². The van der Waals surface area contributed by atoms with Crippen LogP contribution in [-0.4, -0.2) is 34.2 Å². The molecule has 1 unspecified atom stereocenters. The zero-order valence-electron chi connectivity index (χ0n) is 17.0. The lowest BCUT2D eigenvalue weighted by molar-refractivity contribution is -0.122. The molecule has 2 heterocycles. The highest BCUT2D eigenvalue weighted by atomic mass is 19.1. The standard InChI is InChI=1S/C21H27FN4O3/c1-14-16(13-24-26(14)2)12-23-19(27)6-8-21(9-7-20(28)25-21)11-15-4-5-17(29-3)10-18(15)22/h4-5,10,13H,6-9,11-12H2,1-3H3,(H,23,27)(H,25,28). The van der Waals surface area contributed by atoms with E-state index < -0.39 is 5.54 Å². The van der Waals surface area contributed by atoms with Gasteiger partial charge in [-0.1, -0.05) is 6.07 Å². The lowest BCUT2D eigenvalue weighted by atomic mass is 9.84. The van der Waals surface area contributed by atoms with Crippen LogP contribution in [0.4, 0.5) is 4.39 Å². The summed E-state index contributed by atoms with van der Waals surface area (Å²) in [6, 6.07) is 4.71. The number of carbonyl (C=O) groups excluding carboxylic acids is 2. The molecule has 0 aliphatic carbocycles. The molecule has 1 aliphatic heterocycles. The van der Waals surface area contributed by atoms with Crippen LogP contribution in [0.25, 0.3) is 0 Å². The molecule has 156 valence electrons. The van der Waals surface area contributed by atoms with Crippen molar-refractivity contribution in [2.24, 2.45) is 7.05 Å². The maximum Gasteiger partial charge on any atom is 0.220 e. The molecular formula is C21H27FN4O3. The van der Waals surface area contributed by atoms with Gasteiger partial charge in [0.15, 0.2) is 0 Å². The Morgan fingerprint density at radius 2 is 2.21 bits per heavy atom. The van der Waals surface area contributed by atoms with Gasteiger partial charge in [-0.05, 0) is 37.8 Å². The minimum Gasteiger partial charge on any atom is -0.497 e.